The van der Waals surface area contributed by atoms with Crippen LogP contribution in [0.4, 0.5) is 0 Å². The number of rotatable bonds is 2. The first-order valence-electron chi connectivity index (χ1n) is 5.45. The number of amidine groups is 1. The first-order valence-corrected chi connectivity index (χ1v) is 6.24. The molecule has 0 unspecified atom stereocenters. The second-order valence-electron chi connectivity index (χ2n) is 4.17. The van der Waals surface area contributed by atoms with Crippen LogP contribution in [0.25, 0.3) is 5.82 Å². The highest BCUT2D eigenvalue weighted by Gasteiger charge is 2.12. The molecule has 0 aliphatic rings. The molecule has 0 aromatic carbocycles. The van der Waals surface area contributed by atoms with Crippen molar-refractivity contribution >= 4 is 21.8 Å². The maximum absolute atomic E-state index is 7.50. The summed E-state index contributed by atoms with van der Waals surface area (Å²) in [5.41, 5.74) is 8.86. The molecule has 3 N–H and O–H groups in total. The second-order valence-corrected chi connectivity index (χ2v) is 4.96. The van der Waals surface area contributed by atoms with Crippen LogP contribution in [0, 0.1) is 26.2 Å². The van der Waals surface area contributed by atoms with Gasteiger partial charge in [0.2, 0.25) is 0 Å². The topological polar surface area (TPSA) is 80.6 Å². The summed E-state index contributed by atoms with van der Waals surface area (Å²) in [6, 6.07) is 3.55. The van der Waals surface area contributed by atoms with Crippen molar-refractivity contribution in [3.8, 4) is 5.82 Å². The van der Waals surface area contributed by atoms with Crippen LogP contribution in [0.1, 0.15) is 22.6 Å². The van der Waals surface area contributed by atoms with Gasteiger partial charge in [0.25, 0.3) is 0 Å². The van der Waals surface area contributed by atoms with Crippen LogP contribution < -0.4 is 5.73 Å². The van der Waals surface area contributed by atoms with E-state index < -0.39 is 0 Å². The molecule has 18 heavy (non-hydrogen) atoms. The Bertz CT molecular complexity index is 630. The van der Waals surface area contributed by atoms with Gasteiger partial charge in [-0.25, -0.2) is 9.67 Å². The number of nitrogens with zero attached hydrogens (tertiary/aromatic N) is 3. The number of nitrogens with one attached hydrogen (secondary N) is 1. The molecule has 0 saturated carbocycles. The Kier molecular flexibility index (Phi) is 3.21. The van der Waals surface area contributed by atoms with Gasteiger partial charge in [-0.05, 0) is 48.8 Å². The van der Waals surface area contributed by atoms with E-state index in [2.05, 4.69) is 26.0 Å². The summed E-state index contributed by atoms with van der Waals surface area (Å²) in [5, 5.41) is 11.9. The molecule has 0 fully saturated rings. The third kappa shape index (κ3) is 2.15. The maximum atomic E-state index is 7.50. The Hall–Kier alpha value is -1.69. The predicted octanol–water partition coefficient (Wildman–Crippen LogP) is 2.24. The first-order chi connectivity index (χ1) is 8.40. The Balaban J connectivity index is 2.63. The largest absolute Gasteiger partial charge is 0.384 e. The number of nitrogens with two attached hydrogens (primary N) is 1. The molecule has 0 amide bonds. The summed E-state index contributed by atoms with van der Waals surface area (Å²) >= 11 is 3.49. The number of hydrogen-bond acceptors (Lipinski definition) is 3. The molecule has 94 valence electrons. The number of halogens is 1. The minimum absolute atomic E-state index is 0.0300. The van der Waals surface area contributed by atoms with E-state index in [1.54, 1.807) is 16.8 Å². The molecule has 2 aromatic rings. The van der Waals surface area contributed by atoms with E-state index in [9.17, 15) is 0 Å². The van der Waals surface area contributed by atoms with Crippen LogP contribution in [0.5, 0.6) is 0 Å². The highest BCUT2D eigenvalue weighted by molar-refractivity contribution is 9.10. The maximum Gasteiger partial charge on any atom is 0.154 e. The van der Waals surface area contributed by atoms with Crippen LogP contribution in [0.2, 0.25) is 0 Å². The van der Waals surface area contributed by atoms with E-state index in [1.807, 2.05) is 20.8 Å². The Labute approximate surface area is 114 Å². The molecule has 0 aliphatic carbocycles. The molecule has 0 radical (unpaired) electrons. The van der Waals surface area contributed by atoms with Gasteiger partial charge < -0.3 is 5.73 Å². The predicted molar refractivity (Wildman–Crippen MR) is 74.3 cm³/mol. The summed E-state index contributed by atoms with van der Waals surface area (Å²) in [5.74, 6) is 0.703. The van der Waals surface area contributed by atoms with E-state index in [0.717, 1.165) is 21.6 Å². The van der Waals surface area contributed by atoms with Crippen molar-refractivity contribution in [2.45, 2.75) is 20.8 Å². The fraction of sp³-hybridized carbons (Fsp3) is 0.250. The normalized spacial score (nSPS) is 10.7. The lowest BCUT2D eigenvalue weighted by molar-refractivity contribution is 0.801. The number of hydrogen-bond donors (Lipinski definition) is 2. The molecule has 2 aromatic heterocycles. The van der Waals surface area contributed by atoms with Gasteiger partial charge in [0.15, 0.2) is 5.82 Å². The van der Waals surface area contributed by atoms with Crippen molar-refractivity contribution in [2.75, 3.05) is 0 Å². The van der Waals surface area contributed by atoms with E-state index in [4.69, 9.17) is 11.1 Å². The molecular weight excluding hydrogens is 294 g/mol. The third-order valence-electron chi connectivity index (χ3n) is 2.67. The molecule has 0 aliphatic heterocycles. The number of pyridine rings is 1. The minimum atomic E-state index is 0.0300. The second kappa shape index (κ2) is 4.53. The first kappa shape index (κ1) is 12.8. The zero-order chi connectivity index (χ0) is 13.4. The molecule has 0 atom stereocenters. The summed E-state index contributed by atoms with van der Waals surface area (Å²) in [4.78, 5) is 4.43. The van der Waals surface area contributed by atoms with Crippen LogP contribution in [-0.2, 0) is 0 Å². The smallest absolute Gasteiger partial charge is 0.154 e. The van der Waals surface area contributed by atoms with Crippen molar-refractivity contribution in [1.29, 1.82) is 5.41 Å². The lowest BCUT2D eigenvalue weighted by Crippen LogP contribution is -2.13. The standard InChI is InChI=1S/C12H14BrN5/c1-6-4-9(12(14)15)5-10(16-6)18-8(3)11(13)7(2)17-18/h4-5H,1-3H3,(H3,14,15). The van der Waals surface area contributed by atoms with Crippen molar-refractivity contribution in [3.63, 3.8) is 0 Å². The van der Waals surface area contributed by atoms with Gasteiger partial charge in [0.05, 0.1) is 15.9 Å². The van der Waals surface area contributed by atoms with Gasteiger partial charge in [-0.1, -0.05) is 0 Å². The highest BCUT2D eigenvalue weighted by atomic mass is 79.9. The van der Waals surface area contributed by atoms with E-state index in [-0.39, 0.29) is 5.84 Å². The van der Waals surface area contributed by atoms with Crippen LogP contribution in [-0.4, -0.2) is 20.6 Å². The lowest BCUT2D eigenvalue weighted by Gasteiger charge is -2.07. The summed E-state index contributed by atoms with van der Waals surface area (Å²) in [6.07, 6.45) is 0. The Morgan fingerprint density at radius 3 is 2.50 bits per heavy atom. The average molecular weight is 308 g/mol. The van der Waals surface area contributed by atoms with Gasteiger partial charge in [-0.3, -0.25) is 5.41 Å². The summed E-state index contributed by atoms with van der Waals surface area (Å²) < 4.78 is 2.72. The molecule has 0 bridgehead atoms. The van der Waals surface area contributed by atoms with E-state index in [1.165, 1.54) is 0 Å². The van der Waals surface area contributed by atoms with Gasteiger partial charge in [-0.2, -0.15) is 5.10 Å². The van der Waals surface area contributed by atoms with Gasteiger partial charge in [-0.15, -0.1) is 0 Å². The molecular formula is C12H14BrN5. The van der Waals surface area contributed by atoms with Crippen molar-refractivity contribution < 1.29 is 0 Å². The highest BCUT2D eigenvalue weighted by Crippen LogP contribution is 2.22. The Morgan fingerprint density at radius 1 is 1.33 bits per heavy atom. The van der Waals surface area contributed by atoms with Gasteiger partial charge >= 0.3 is 0 Å². The number of aryl methyl sites for hydroxylation is 2. The van der Waals surface area contributed by atoms with Crippen molar-refractivity contribution in [1.82, 2.24) is 14.8 Å². The molecule has 6 heteroatoms. The van der Waals surface area contributed by atoms with E-state index in [0.29, 0.717) is 11.4 Å². The van der Waals surface area contributed by atoms with Crippen LogP contribution in [0.3, 0.4) is 0 Å². The van der Waals surface area contributed by atoms with Crippen molar-refractivity contribution in [2.24, 2.45) is 5.73 Å². The van der Waals surface area contributed by atoms with Crippen LogP contribution in [0.15, 0.2) is 16.6 Å². The zero-order valence-electron chi connectivity index (χ0n) is 10.5. The van der Waals surface area contributed by atoms with Crippen molar-refractivity contribution in [3.05, 3.63) is 39.3 Å². The van der Waals surface area contributed by atoms with E-state index >= 15 is 0 Å². The monoisotopic (exact) mass is 307 g/mol. The molecule has 2 heterocycles. The zero-order valence-corrected chi connectivity index (χ0v) is 12.0. The minimum Gasteiger partial charge on any atom is -0.384 e. The fourth-order valence-electron chi connectivity index (χ4n) is 1.76. The number of aromatic nitrogens is 3. The Morgan fingerprint density at radius 2 is 2.00 bits per heavy atom. The summed E-state index contributed by atoms with van der Waals surface area (Å²) in [7, 11) is 0. The molecule has 0 saturated heterocycles. The fourth-order valence-corrected chi connectivity index (χ4v) is 2.01. The quantitative estimate of drug-likeness (QED) is 0.659. The SMILES string of the molecule is Cc1cc(C(=N)N)cc(-n2nc(C)c(Br)c2C)n1. The molecule has 2 rings (SSSR count). The number of nitrogen functional groups attached to an aromatic ring is 1. The lowest BCUT2D eigenvalue weighted by atomic mass is 10.2. The molecule has 0 spiro atoms. The van der Waals surface area contributed by atoms with Crippen LogP contribution >= 0.6 is 15.9 Å². The average Bonchev–Trinajstić information content (AvgIpc) is 2.56. The van der Waals surface area contributed by atoms with Gasteiger partial charge in [0, 0.05) is 11.3 Å². The molecule has 5 nitrogen and oxygen atoms in total. The van der Waals surface area contributed by atoms with Gasteiger partial charge in [0.1, 0.15) is 5.84 Å². The third-order valence-corrected chi connectivity index (χ3v) is 3.82. The summed E-state index contributed by atoms with van der Waals surface area (Å²) in [6.45, 7) is 5.76.